The zero-order chi connectivity index (χ0) is 14.0. The minimum Gasteiger partial charge on any atom is -0.392 e. The molecule has 1 aromatic rings. The molecule has 1 unspecified atom stereocenters. The molecule has 1 amide bonds. The van der Waals surface area contributed by atoms with E-state index < -0.39 is 0 Å². The van der Waals surface area contributed by atoms with Crippen LogP contribution in [0.1, 0.15) is 18.9 Å². The zero-order valence-electron chi connectivity index (χ0n) is 11.2. The van der Waals surface area contributed by atoms with E-state index in [1.165, 1.54) is 0 Å². The Morgan fingerprint density at radius 3 is 2.89 bits per heavy atom. The third-order valence-electron chi connectivity index (χ3n) is 3.82. The monoisotopic (exact) mass is 282 g/mol. The Morgan fingerprint density at radius 2 is 2.32 bits per heavy atom. The number of carbonyl (C=O) groups is 1. The van der Waals surface area contributed by atoms with Gasteiger partial charge in [-0.05, 0) is 31.0 Å². The molecule has 0 aromatic heterocycles. The number of anilines is 1. The first-order valence-corrected chi connectivity index (χ1v) is 6.74. The van der Waals surface area contributed by atoms with Crippen LogP contribution in [0.4, 0.5) is 5.69 Å². The van der Waals surface area contributed by atoms with Gasteiger partial charge in [-0.1, -0.05) is 17.7 Å². The van der Waals surface area contributed by atoms with Crippen LogP contribution in [0.5, 0.6) is 0 Å². The lowest BCUT2D eigenvalue weighted by atomic mass is 9.89. The fourth-order valence-electron chi connectivity index (χ4n) is 2.53. The number of benzene rings is 1. The number of nitrogens with one attached hydrogen (secondary N) is 1. The Morgan fingerprint density at radius 1 is 1.58 bits per heavy atom. The Bertz CT molecular complexity index is 492. The van der Waals surface area contributed by atoms with E-state index in [4.69, 9.17) is 16.7 Å². The average Bonchev–Trinajstić information content (AvgIpc) is 2.81. The van der Waals surface area contributed by atoms with E-state index >= 15 is 0 Å². The minimum absolute atomic E-state index is 0.0604. The normalized spacial score (nSPS) is 22.6. The highest BCUT2D eigenvalue weighted by atomic mass is 35.5. The molecule has 0 radical (unpaired) electrons. The molecule has 19 heavy (non-hydrogen) atoms. The minimum atomic E-state index is -0.350. The Hall–Kier alpha value is -1.26. The van der Waals surface area contributed by atoms with E-state index in [2.05, 4.69) is 10.2 Å². The van der Waals surface area contributed by atoms with Gasteiger partial charge in [0.05, 0.1) is 12.0 Å². The highest BCUT2D eigenvalue weighted by molar-refractivity contribution is 6.31. The summed E-state index contributed by atoms with van der Waals surface area (Å²) in [7, 11) is 1.67. The molecule has 104 valence electrons. The fourth-order valence-corrected chi connectivity index (χ4v) is 2.76. The second-order valence-corrected chi connectivity index (χ2v) is 5.65. The molecule has 1 fully saturated rings. The topological polar surface area (TPSA) is 52.6 Å². The van der Waals surface area contributed by atoms with Crippen molar-refractivity contribution in [2.24, 2.45) is 5.41 Å². The predicted octanol–water partition coefficient (Wildman–Crippen LogP) is 1.79. The van der Waals surface area contributed by atoms with E-state index in [1.807, 2.05) is 25.1 Å². The summed E-state index contributed by atoms with van der Waals surface area (Å²) in [5.74, 6) is 0.0769. The van der Waals surface area contributed by atoms with Crippen molar-refractivity contribution in [2.75, 3.05) is 25.0 Å². The van der Waals surface area contributed by atoms with Crippen molar-refractivity contribution in [1.82, 2.24) is 5.32 Å². The highest BCUT2D eigenvalue weighted by Gasteiger charge is 2.39. The lowest BCUT2D eigenvalue weighted by Gasteiger charge is -2.24. The number of aliphatic hydroxyl groups excluding tert-OH is 1. The first-order chi connectivity index (χ1) is 9.00. The summed E-state index contributed by atoms with van der Waals surface area (Å²) >= 11 is 6.10. The molecule has 2 N–H and O–H groups in total. The number of nitrogens with zero attached hydrogens (tertiary/aromatic N) is 1. The molecule has 1 aliphatic heterocycles. The number of hydrogen-bond donors (Lipinski definition) is 2. The predicted molar refractivity (Wildman–Crippen MR) is 76.4 cm³/mol. The van der Waals surface area contributed by atoms with Crippen LogP contribution < -0.4 is 10.2 Å². The molecule has 5 heteroatoms. The van der Waals surface area contributed by atoms with Crippen LogP contribution in [-0.2, 0) is 11.4 Å². The Kier molecular flexibility index (Phi) is 4.02. The van der Waals surface area contributed by atoms with Crippen LogP contribution in [0, 0.1) is 5.41 Å². The number of carbonyl (C=O) groups excluding carboxylic acids is 1. The van der Waals surface area contributed by atoms with Crippen molar-refractivity contribution in [1.29, 1.82) is 0 Å². The summed E-state index contributed by atoms with van der Waals surface area (Å²) in [6.07, 6.45) is 0.825. The van der Waals surface area contributed by atoms with Gasteiger partial charge in [0, 0.05) is 30.8 Å². The lowest BCUT2D eigenvalue weighted by molar-refractivity contribution is -0.128. The van der Waals surface area contributed by atoms with Gasteiger partial charge < -0.3 is 15.3 Å². The molecule has 1 heterocycles. The number of rotatable bonds is 3. The molecule has 1 aliphatic rings. The van der Waals surface area contributed by atoms with Gasteiger partial charge >= 0.3 is 0 Å². The van der Waals surface area contributed by atoms with Crippen molar-refractivity contribution < 1.29 is 9.90 Å². The molecular weight excluding hydrogens is 264 g/mol. The number of halogens is 1. The molecule has 4 nitrogen and oxygen atoms in total. The maximum absolute atomic E-state index is 11.9. The molecule has 0 bridgehead atoms. The summed E-state index contributed by atoms with van der Waals surface area (Å²) in [6, 6.07) is 5.61. The van der Waals surface area contributed by atoms with Crippen LogP contribution in [0.2, 0.25) is 5.02 Å². The van der Waals surface area contributed by atoms with Gasteiger partial charge in [-0.15, -0.1) is 0 Å². The maximum atomic E-state index is 11.9. The first kappa shape index (κ1) is 14.2. The van der Waals surface area contributed by atoms with E-state index in [1.54, 1.807) is 7.05 Å². The molecule has 1 saturated heterocycles. The molecule has 0 aliphatic carbocycles. The van der Waals surface area contributed by atoms with Crippen LogP contribution in [0.15, 0.2) is 18.2 Å². The number of amides is 1. The molecule has 1 atom stereocenters. The smallest absolute Gasteiger partial charge is 0.227 e. The lowest BCUT2D eigenvalue weighted by Crippen LogP contribution is -2.39. The van der Waals surface area contributed by atoms with Gasteiger partial charge in [0.2, 0.25) is 5.91 Å². The Balaban J connectivity index is 2.17. The molecular formula is C14H19ClN2O2. The van der Waals surface area contributed by atoms with Crippen molar-refractivity contribution >= 4 is 23.2 Å². The van der Waals surface area contributed by atoms with Crippen LogP contribution in [0.25, 0.3) is 0 Å². The zero-order valence-corrected chi connectivity index (χ0v) is 12.0. The summed E-state index contributed by atoms with van der Waals surface area (Å²) in [5.41, 5.74) is 1.37. The van der Waals surface area contributed by atoms with Crippen molar-refractivity contribution in [3.63, 3.8) is 0 Å². The van der Waals surface area contributed by atoms with Crippen molar-refractivity contribution in [2.45, 2.75) is 20.0 Å². The van der Waals surface area contributed by atoms with Gasteiger partial charge in [-0.2, -0.15) is 0 Å². The second-order valence-electron chi connectivity index (χ2n) is 5.25. The largest absolute Gasteiger partial charge is 0.392 e. The standard InChI is InChI=1S/C14H19ClN2O2/c1-14(13(19)16-2)5-6-17(9-14)11-4-3-10(8-18)12(15)7-11/h3-4,7,18H,5-6,8-9H2,1-2H3,(H,16,19). The van der Waals surface area contributed by atoms with Crippen molar-refractivity contribution in [3.8, 4) is 0 Å². The highest BCUT2D eigenvalue weighted by Crippen LogP contribution is 2.34. The molecule has 1 aromatic carbocycles. The summed E-state index contributed by atoms with van der Waals surface area (Å²) < 4.78 is 0. The number of aliphatic hydroxyl groups is 1. The van der Waals surface area contributed by atoms with E-state index in [0.29, 0.717) is 11.6 Å². The summed E-state index contributed by atoms with van der Waals surface area (Å²) in [6.45, 7) is 3.44. The van der Waals surface area contributed by atoms with Crippen LogP contribution in [-0.4, -0.2) is 31.2 Å². The van der Waals surface area contributed by atoms with Gasteiger partial charge in [0.25, 0.3) is 0 Å². The van der Waals surface area contributed by atoms with Gasteiger partial charge in [0.15, 0.2) is 0 Å². The van der Waals surface area contributed by atoms with E-state index in [9.17, 15) is 4.79 Å². The number of hydrogen-bond acceptors (Lipinski definition) is 3. The first-order valence-electron chi connectivity index (χ1n) is 6.36. The van der Waals surface area contributed by atoms with E-state index in [0.717, 1.165) is 24.2 Å². The van der Waals surface area contributed by atoms with Gasteiger partial charge in [-0.3, -0.25) is 4.79 Å². The summed E-state index contributed by atoms with van der Waals surface area (Å²) in [4.78, 5) is 14.0. The SMILES string of the molecule is CNC(=O)C1(C)CCN(c2ccc(CO)c(Cl)c2)C1. The molecule has 0 spiro atoms. The van der Waals surface area contributed by atoms with Gasteiger partial charge in [0.1, 0.15) is 0 Å². The third-order valence-corrected chi connectivity index (χ3v) is 4.17. The maximum Gasteiger partial charge on any atom is 0.227 e. The average molecular weight is 283 g/mol. The van der Waals surface area contributed by atoms with Gasteiger partial charge in [-0.25, -0.2) is 0 Å². The van der Waals surface area contributed by atoms with Crippen molar-refractivity contribution in [3.05, 3.63) is 28.8 Å². The fraction of sp³-hybridized carbons (Fsp3) is 0.500. The molecule has 0 saturated carbocycles. The third kappa shape index (κ3) is 2.69. The van der Waals surface area contributed by atoms with Crippen LogP contribution >= 0.6 is 11.6 Å². The van der Waals surface area contributed by atoms with Crippen LogP contribution in [0.3, 0.4) is 0 Å². The Labute approximate surface area is 118 Å². The molecule has 2 rings (SSSR count). The second kappa shape index (κ2) is 5.39. The summed E-state index contributed by atoms with van der Waals surface area (Å²) in [5, 5.41) is 12.4. The quantitative estimate of drug-likeness (QED) is 0.889. The van der Waals surface area contributed by atoms with E-state index in [-0.39, 0.29) is 17.9 Å².